The lowest BCUT2D eigenvalue weighted by atomic mass is 10.1. The highest BCUT2D eigenvalue weighted by atomic mass is 16.6. The van der Waals surface area contributed by atoms with E-state index in [0.29, 0.717) is 0 Å². The third kappa shape index (κ3) is 2.76. The number of carbonyl (C=O) groups is 2. The van der Waals surface area contributed by atoms with Gasteiger partial charge in [-0.3, -0.25) is 20.2 Å². The van der Waals surface area contributed by atoms with E-state index in [1.54, 1.807) is 0 Å². The zero-order valence-electron chi connectivity index (χ0n) is 11.1. The van der Waals surface area contributed by atoms with Crippen LogP contribution in [-0.4, -0.2) is 31.1 Å². The van der Waals surface area contributed by atoms with Crippen LogP contribution in [-0.2, 0) is 4.79 Å². The maximum absolute atomic E-state index is 11.5. The molecule has 0 aromatic heterocycles. The molecule has 3 amide bonds. The van der Waals surface area contributed by atoms with E-state index in [2.05, 4.69) is 5.32 Å². The van der Waals surface area contributed by atoms with Crippen molar-refractivity contribution in [1.82, 2.24) is 10.6 Å². The topological polar surface area (TPSA) is 120 Å². The Hall–Kier alpha value is -3.10. The van der Waals surface area contributed by atoms with Gasteiger partial charge < -0.3 is 14.8 Å². The van der Waals surface area contributed by atoms with Crippen LogP contribution in [0.3, 0.4) is 0 Å². The summed E-state index contributed by atoms with van der Waals surface area (Å²) in [6, 6.07) is 1.84. The summed E-state index contributed by atoms with van der Waals surface area (Å²) in [5.74, 6) is -0.213. The number of nitro groups is 1. The van der Waals surface area contributed by atoms with E-state index in [1.807, 2.05) is 5.32 Å². The fourth-order valence-corrected chi connectivity index (χ4v) is 1.80. The normalized spacial score (nSPS) is 15.6. The summed E-state index contributed by atoms with van der Waals surface area (Å²) in [5, 5.41) is 15.4. The number of nitrogens with one attached hydrogen (secondary N) is 2. The molecule has 1 heterocycles. The number of benzene rings is 1. The van der Waals surface area contributed by atoms with Gasteiger partial charge in [-0.15, -0.1) is 0 Å². The number of imide groups is 1. The first kappa shape index (κ1) is 14.3. The van der Waals surface area contributed by atoms with Gasteiger partial charge in [0.15, 0.2) is 11.5 Å². The minimum Gasteiger partial charge on any atom is -0.493 e. The second-order valence-electron chi connectivity index (χ2n) is 3.99. The lowest BCUT2D eigenvalue weighted by Crippen LogP contribution is -2.22. The van der Waals surface area contributed by atoms with Gasteiger partial charge in [0, 0.05) is 0 Å². The predicted molar refractivity (Wildman–Crippen MR) is 70.9 cm³/mol. The Labute approximate surface area is 118 Å². The van der Waals surface area contributed by atoms with Gasteiger partial charge in [0.25, 0.3) is 11.6 Å². The molecule has 1 aromatic carbocycles. The van der Waals surface area contributed by atoms with Crippen molar-refractivity contribution in [2.75, 3.05) is 14.2 Å². The molecular weight excluding hydrogens is 282 g/mol. The van der Waals surface area contributed by atoms with Crippen LogP contribution in [0.4, 0.5) is 10.5 Å². The van der Waals surface area contributed by atoms with E-state index in [-0.39, 0.29) is 28.4 Å². The summed E-state index contributed by atoms with van der Waals surface area (Å²) < 4.78 is 10.1. The summed E-state index contributed by atoms with van der Waals surface area (Å²) in [5.41, 5.74) is -0.269. The molecule has 0 bridgehead atoms. The molecule has 0 spiro atoms. The molecule has 9 heteroatoms. The van der Waals surface area contributed by atoms with Crippen LogP contribution >= 0.6 is 0 Å². The lowest BCUT2D eigenvalue weighted by Gasteiger charge is -2.09. The Balaban J connectivity index is 2.56. The van der Waals surface area contributed by atoms with Crippen LogP contribution < -0.4 is 20.1 Å². The number of ether oxygens (including phenoxy) is 2. The van der Waals surface area contributed by atoms with E-state index < -0.39 is 16.9 Å². The van der Waals surface area contributed by atoms with Crippen molar-refractivity contribution < 1.29 is 24.0 Å². The average molecular weight is 293 g/mol. The van der Waals surface area contributed by atoms with Crippen molar-refractivity contribution in [2.45, 2.75) is 0 Å². The summed E-state index contributed by atoms with van der Waals surface area (Å²) in [6.07, 6.45) is 1.19. The highest BCUT2D eigenvalue weighted by molar-refractivity contribution is 6.14. The Bertz CT molecular complexity index is 667. The summed E-state index contributed by atoms with van der Waals surface area (Å²) in [7, 11) is 2.73. The molecule has 1 aliphatic rings. The molecule has 0 saturated carbocycles. The number of urea groups is 1. The second-order valence-corrected chi connectivity index (χ2v) is 3.99. The largest absolute Gasteiger partial charge is 0.493 e. The molecule has 1 aliphatic heterocycles. The molecule has 1 fully saturated rings. The van der Waals surface area contributed by atoms with Gasteiger partial charge in [-0.05, 0) is 12.1 Å². The van der Waals surface area contributed by atoms with Gasteiger partial charge in [-0.1, -0.05) is 0 Å². The van der Waals surface area contributed by atoms with Crippen molar-refractivity contribution in [3.05, 3.63) is 33.5 Å². The minimum absolute atomic E-state index is 0.0877. The molecule has 110 valence electrons. The zero-order valence-corrected chi connectivity index (χ0v) is 11.1. The van der Waals surface area contributed by atoms with Gasteiger partial charge >= 0.3 is 6.03 Å². The minimum atomic E-state index is -0.686. The van der Waals surface area contributed by atoms with Crippen LogP contribution in [0.25, 0.3) is 6.08 Å². The second kappa shape index (κ2) is 5.49. The van der Waals surface area contributed by atoms with Crippen molar-refractivity contribution in [3.63, 3.8) is 0 Å². The van der Waals surface area contributed by atoms with E-state index in [0.717, 1.165) is 0 Å². The number of rotatable bonds is 4. The van der Waals surface area contributed by atoms with Crippen molar-refractivity contribution in [2.24, 2.45) is 0 Å². The highest BCUT2D eigenvalue weighted by Crippen LogP contribution is 2.35. The summed E-state index contributed by atoms with van der Waals surface area (Å²) in [6.45, 7) is 0. The monoisotopic (exact) mass is 293 g/mol. The SMILES string of the molecule is COc1cc(/C=C2/NC(=O)NC2=O)c([N+](=O)[O-])cc1OC. The van der Waals surface area contributed by atoms with Gasteiger partial charge in [0.1, 0.15) is 5.70 Å². The molecule has 1 aromatic rings. The van der Waals surface area contributed by atoms with Gasteiger partial charge in [0.2, 0.25) is 0 Å². The van der Waals surface area contributed by atoms with Crippen LogP contribution in [0, 0.1) is 10.1 Å². The fourth-order valence-electron chi connectivity index (χ4n) is 1.80. The quantitative estimate of drug-likeness (QED) is 0.366. The maximum Gasteiger partial charge on any atom is 0.326 e. The molecule has 0 unspecified atom stereocenters. The predicted octanol–water partition coefficient (Wildman–Crippen LogP) is 0.792. The fraction of sp³-hybridized carbons (Fsp3) is 0.167. The van der Waals surface area contributed by atoms with E-state index in [9.17, 15) is 19.7 Å². The van der Waals surface area contributed by atoms with Gasteiger partial charge in [-0.25, -0.2) is 4.79 Å². The molecule has 1 saturated heterocycles. The van der Waals surface area contributed by atoms with Crippen LogP contribution in [0.5, 0.6) is 11.5 Å². The van der Waals surface area contributed by atoms with Crippen molar-refractivity contribution in [3.8, 4) is 11.5 Å². The van der Waals surface area contributed by atoms with Gasteiger partial charge in [-0.2, -0.15) is 0 Å². The highest BCUT2D eigenvalue weighted by Gasteiger charge is 2.25. The first-order valence-corrected chi connectivity index (χ1v) is 5.70. The third-order valence-corrected chi connectivity index (χ3v) is 2.75. The number of nitrogens with zero attached hydrogens (tertiary/aromatic N) is 1. The van der Waals surface area contributed by atoms with Crippen LogP contribution in [0.1, 0.15) is 5.56 Å². The van der Waals surface area contributed by atoms with Crippen molar-refractivity contribution >= 4 is 23.7 Å². The molecular formula is C12H11N3O6. The summed E-state index contributed by atoms with van der Waals surface area (Å²) in [4.78, 5) is 33.0. The average Bonchev–Trinajstić information content (AvgIpc) is 2.76. The Morgan fingerprint density at radius 2 is 1.76 bits per heavy atom. The lowest BCUT2D eigenvalue weighted by molar-refractivity contribution is -0.385. The number of amides is 3. The first-order chi connectivity index (χ1) is 9.96. The number of nitro benzene ring substituents is 1. The molecule has 0 aliphatic carbocycles. The number of hydrogen-bond donors (Lipinski definition) is 2. The zero-order chi connectivity index (χ0) is 15.6. The molecule has 0 radical (unpaired) electrons. The van der Waals surface area contributed by atoms with E-state index in [4.69, 9.17) is 9.47 Å². The smallest absolute Gasteiger partial charge is 0.326 e. The Morgan fingerprint density at radius 3 is 2.24 bits per heavy atom. The van der Waals surface area contributed by atoms with Gasteiger partial charge in [0.05, 0.1) is 30.8 Å². The number of carbonyl (C=O) groups excluding carboxylic acids is 2. The van der Waals surface area contributed by atoms with Crippen LogP contribution in [0.2, 0.25) is 0 Å². The number of hydrogen-bond acceptors (Lipinski definition) is 6. The molecule has 0 atom stereocenters. The number of methoxy groups -OCH3 is 2. The Morgan fingerprint density at radius 1 is 1.14 bits per heavy atom. The third-order valence-electron chi connectivity index (χ3n) is 2.75. The summed E-state index contributed by atoms with van der Waals surface area (Å²) >= 11 is 0. The van der Waals surface area contributed by atoms with E-state index in [1.165, 1.54) is 32.4 Å². The standard InChI is InChI=1S/C12H11N3O6/c1-20-9-4-6(3-7-11(16)14-12(17)13-7)8(15(18)19)5-10(9)21-2/h3-5H,1-2H3,(H2,13,14,16,17)/b7-3+. The van der Waals surface area contributed by atoms with Crippen molar-refractivity contribution in [1.29, 1.82) is 0 Å². The molecule has 2 rings (SSSR count). The molecule has 9 nitrogen and oxygen atoms in total. The maximum atomic E-state index is 11.5. The molecule has 2 N–H and O–H groups in total. The Kier molecular flexibility index (Phi) is 3.74. The van der Waals surface area contributed by atoms with Crippen LogP contribution in [0.15, 0.2) is 17.8 Å². The van der Waals surface area contributed by atoms with E-state index >= 15 is 0 Å². The molecule has 21 heavy (non-hydrogen) atoms. The first-order valence-electron chi connectivity index (χ1n) is 5.70.